The summed E-state index contributed by atoms with van der Waals surface area (Å²) in [5, 5.41) is 9.80. The number of unbranched alkanes of at least 4 members (excludes halogenated alkanes) is 1. The number of aromatic nitrogens is 1. The molecule has 0 aliphatic carbocycles. The highest BCUT2D eigenvalue weighted by atomic mass is 32.2. The molecule has 5 aromatic rings. The maximum atomic E-state index is 15.2. The van der Waals surface area contributed by atoms with Gasteiger partial charge < -0.3 is 37.3 Å². The van der Waals surface area contributed by atoms with E-state index >= 15 is 13.2 Å². The van der Waals surface area contributed by atoms with Crippen LogP contribution < -0.4 is 27.4 Å². The van der Waals surface area contributed by atoms with Crippen LogP contribution in [0.4, 0.5) is 13.2 Å². The fraction of sp³-hybridized carbons (Fsp3) is 0.318. The molecule has 4 aromatic carbocycles. The maximum absolute atomic E-state index is 15.2. The van der Waals surface area contributed by atoms with E-state index in [2.05, 4.69) is 20.9 Å². The molecule has 0 saturated heterocycles. The van der Waals surface area contributed by atoms with Crippen molar-refractivity contribution < 1.29 is 32.3 Å². The number of hydrogen-bond donors (Lipinski definition) is 6. The van der Waals surface area contributed by atoms with Crippen LogP contribution >= 0.6 is 11.8 Å². The number of carbonyl (C=O) groups excluding carboxylic acids is 4. The predicted molar refractivity (Wildman–Crippen MR) is 222 cm³/mol. The van der Waals surface area contributed by atoms with E-state index in [0.29, 0.717) is 41.0 Å². The summed E-state index contributed by atoms with van der Waals surface area (Å²) in [7, 11) is 1.48. The van der Waals surface area contributed by atoms with Crippen molar-refractivity contribution in [2.75, 3.05) is 13.6 Å². The van der Waals surface area contributed by atoms with Gasteiger partial charge in [-0.1, -0.05) is 78.5 Å². The van der Waals surface area contributed by atoms with Crippen molar-refractivity contribution in [3.63, 3.8) is 0 Å². The Labute approximate surface area is 344 Å². The molecular formula is C44H48F3N7O4S. The highest BCUT2D eigenvalue weighted by molar-refractivity contribution is 7.99. The lowest BCUT2D eigenvalue weighted by Gasteiger charge is -2.32. The molecule has 0 radical (unpaired) electrons. The predicted octanol–water partition coefficient (Wildman–Crippen LogP) is 6.04. The molecule has 11 nitrogen and oxygen atoms in total. The van der Waals surface area contributed by atoms with E-state index in [-0.39, 0.29) is 49.2 Å². The van der Waals surface area contributed by atoms with Crippen molar-refractivity contribution in [2.45, 2.75) is 85.7 Å². The SMILES string of the molecule is CN1C(=O)C(CCCCN)NC(=O)C(CCC(N)=O)NCc2ccccc2Sc2c(cc(-c3ccccc3)cc2C(F)(F)F)CNC(=O)C1Cc1c[nH]c2ccccc12. The van der Waals surface area contributed by atoms with Crippen LogP contribution in [0, 0.1) is 0 Å². The van der Waals surface area contributed by atoms with E-state index in [4.69, 9.17) is 11.5 Å². The van der Waals surface area contributed by atoms with E-state index in [1.165, 1.54) is 11.9 Å². The summed E-state index contributed by atoms with van der Waals surface area (Å²) in [6, 6.07) is 22.6. The number of primary amides is 1. The number of para-hydroxylation sites is 1. The average molecular weight is 828 g/mol. The smallest absolute Gasteiger partial charge is 0.370 e. The lowest BCUT2D eigenvalue weighted by Crippen LogP contribution is -2.57. The number of likely N-dealkylation sites (N-methyl/N-ethyl adjacent to an activating group) is 1. The number of amides is 4. The highest BCUT2D eigenvalue weighted by Gasteiger charge is 2.37. The summed E-state index contributed by atoms with van der Waals surface area (Å²) in [5.41, 5.74) is 13.6. The Balaban J connectivity index is 1.50. The molecule has 1 aromatic heterocycles. The fourth-order valence-electron chi connectivity index (χ4n) is 7.29. The standard InChI is InChI=1S/C44H48F3N7O4S/c1-54-37(23-30-25-50-34-15-7-6-14-32(30)34)42(57)52-26-31-21-29(27-11-3-2-4-12-27)22-33(44(45,46)47)40(31)59-38-17-8-5-13-28(38)24-51-35(18-19-39(49)55)41(56)53-36(43(54)58)16-9-10-20-48/h2-8,11-15,17,21-22,25,35-37,50-51H,9-10,16,18-20,23-24,26,48H2,1H3,(H2,49,55)(H,52,57)(H,53,56). The summed E-state index contributed by atoms with van der Waals surface area (Å²) in [4.78, 5) is 60.0. The van der Waals surface area contributed by atoms with E-state index in [0.717, 1.165) is 34.3 Å². The van der Waals surface area contributed by atoms with E-state index in [9.17, 15) is 19.2 Å². The maximum Gasteiger partial charge on any atom is 0.417 e. The number of H-pyrrole nitrogens is 1. The Kier molecular flexibility index (Phi) is 14.1. The van der Waals surface area contributed by atoms with Gasteiger partial charge in [0, 0.05) is 59.9 Å². The van der Waals surface area contributed by atoms with Gasteiger partial charge >= 0.3 is 6.18 Å². The van der Waals surface area contributed by atoms with Crippen molar-refractivity contribution >= 4 is 46.3 Å². The monoisotopic (exact) mass is 827 g/mol. The van der Waals surface area contributed by atoms with Gasteiger partial charge in [0.25, 0.3) is 0 Å². The zero-order valence-electron chi connectivity index (χ0n) is 32.6. The number of rotatable bonds is 10. The molecule has 0 saturated carbocycles. The third-order valence-electron chi connectivity index (χ3n) is 10.5. The molecule has 0 fully saturated rings. The van der Waals surface area contributed by atoms with Gasteiger partial charge in [0.15, 0.2) is 0 Å². The highest BCUT2D eigenvalue weighted by Crippen LogP contribution is 2.44. The van der Waals surface area contributed by atoms with E-state index < -0.39 is 53.5 Å². The quantitative estimate of drug-likeness (QED) is 0.0931. The van der Waals surface area contributed by atoms with Crippen LogP contribution in [-0.4, -0.2) is 65.2 Å². The second-order valence-electron chi connectivity index (χ2n) is 14.6. The molecule has 6 rings (SSSR count). The summed E-state index contributed by atoms with van der Waals surface area (Å²) in [6.45, 7) is 0.109. The minimum Gasteiger partial charge on any atom is -0.370 e. The lowest BCUT2D eigenvalue weighted by molar-refractivity contribution is -0.142. The minimum absolute atomic E-state index is 0.00899. The molecule has 4 amide bonds. The van der Waals surface area contributed by atoms with Crippen molar-refractivity contribution in [1.82, 2.24) is 25.8 Å². The number of fused-ring (bicyclic) bond motifs is 3. The third kappa shape index (κ3) is 10.7. The van der Waals surface area contributed by atoms with Gasteiger partial charge in [-0.05, 0) is 84.3 Å². The molecule has 1 aliphatic heterocycles. The number of halogens is 3. The topological polar surface area (TPSA) is 175 Å². The fourth-order valence-corrected chi connectivity index (χ4v) is 8.47. The average Bonchev–Trinajstić information content (AvgIpc) is 3.64. The van der Waals surface area contributed by atoms with Gasteiger partial charge in [-0.15, -0.1) is 0 Å². The Bertz CT molecular complexity index is 2280. The molecule has 8 N–H and O–H groups in total. The Morgan fingerprint density at radius 3 is 2.32 bits per heavy atom. The van der Waals surface area contributed by atoms with Gasteiger partial charge in [-0.3, -0.25) is 19.2 Å². The Morgan fingerprint density at radius 1 is 0.847 bits per heavy atom. The van der Waals surface area contributed by atoms with Crippen molar-refractivity contribution in [3.05, 3.63) is 119 Å². The molecule has 310 valence electrons. The summed E-state index contributed by atoms with van der Waals surface area (Å²) in [5.74, 6) is -2.35. The van der Waals surface area contributed by atoms with Crippen LogP contribution in [0.1, 0.15) is 54.4 Å². The first kappa shape index (κ1) is 43.0. The number of nitrogens with zero attached hydrogens (tertiary/aromatic N) is 1. The lowest BCUT2D eigenvalue weighted by atomic mass is 9.98. The van der Waals surface area contributed by atoms with E-state index in [1.54, 1.807) is 66.9 Å². The van der Waals surface area contributed by atoms with Crippen LogP contribution in [0.2, 0.25) is 0 Å². The Morgan fingerprint density at radius 2 is 1.58 bits per heavy atom. The number of nitrogens with one attached hydrogen (secondary N) is 4. The van der Waals surface area contributed by atoms with Crippen LogP contribution in [-0.2, 0) is 44.9 Å². The van der Waals surface area contributed by atoms with Crippen LogP contribution in [0.15, 0.2) is 107 Å². The van der Waals surface area contributed by atoms with Gasteiger partial charge in [0.1, 0.15) is 12.1 Å². The molecule has 0 bridgehead atoms. The van der Waals surface area contributed by atoms with Crippen molar-refractivity contribution in [3.8, 4) is 11.1 Å². The number of aromatic amines is 1. The molecular weight excluding hydrogens is 780 g/mol. The first-order valence-electron chi connectivity index (χ1n) is 19.5. The summed E-state index contributed by atoms with van der Waals surface area (Å²) in [6.07, 6.45) is -1.84. The number of hydrogen-bond acceptors (Lipinski definition) is 7. The normalized spacial score (nSPS) is 18.4. The van der Waals surface area contributed by atoms with Gasteiger partial charge in [0.05, 0.1) is 11.6 Å². The largest absolute Gasteiger partial charge is 0.417 e. The van der Waals surface area contributed by atoms with Crippen LogP contribution in [0.5, 0.6) is 0 Å². The molecule has 2 heterocycles. The zero-order valence-corrected chi connectivity index (χ0v) is 33.4. The third-order valence-corrected chi connectivity index (χ3v) is 11.8. The zero-order chi connectivity index (χ0) is 42.1. The Hall–Kier alpha value is -5.64. The minimum atomic E-state index is -4.78. The first-order valence-corrected chi connectivity index (χ1v) is 20.3. The molecule has 0 spiro atoms. The molecule has 59 heavy (non-hydrogen) atoms. The summed E-state index contributed by atoms with van der Waals surface area (Å²) < 4.78 is 45.6. The molecule has 3 atom stereocenters. The van der Waals surface area contributed by atoms with Crippen LogP contribution in [0.3, 0.4) is 0 Å². The number of carbonyl (C=O) groups is 4. The van der Waals surface area contributed by atoms with Gasteiger partial charge in [0.2, 0.25) is 23.6 Å². The molecule has 3 unspecified atom stereocenters. The van der Waals surface area contributed by atoms with E-state index in [1.807, 2.05) is 24.3 Å². The molecule has 1 aliphatic rings. The first-order chi connectivity index (χ1) is 28.3. The number of alkyl halides is 3. The summed E-state index contributed by atoms with van der Waals surface area (Å²) >= 11 is 0.913. The van der Waals surface area contributed by atoms with Crippen molar-refractivity contribution in [1.29, 1.82) is 0 Å². The van der Waals surface area contributed by atoms with Crippen molar-refractivity contribution in [2.24, 2.45) is 11.5 Å². The second-order valence-corrected chi connectivity index (χ2v) is 15.7. The van der Waals surface area contributed by atoms with Gasteiger partial charge in [-0.25, -0.2) is 0 Å². The second kappa shape index (κ2) is 19.4. The number of benzene rings is 4. The number of nitrogens with two attached hydrogens (primary N) is 2. The van der Waals surface area contributed by atoms with Gasteiger partial charge in [-0.2, -0.15) is 13.2 Å². The molecule has 15 heteroatoms. The van der Waals surface area contributed by atoms with Crippen LogP contribution in [0.25, 0.3) is 22.0 Å².